The first-order valence-corrected chi connectivity index (χ1v) is 14.0. The Hall–Kier alpha value is -2.98. The minimum absolute atomic E-state index is 0.183. The van der Waals surface area contributed by atoms with Crippen LogP contribution in [-0.2, 0) is 16.1 Å². The van der Waals surface area contributed by atoms with Crippen molar-refractivity contribution in [3.8, 4) is 11.5 Å². The Morgan fingerprint density at radius 2 is 1.85 bits per heavy atom. The van der Waals surface area contributed by atoms with Crippen LogP contribution in [0.5, 0.6) is 11.5 Å². The maximum absolute atomic E-state index is 12.9. The summed E-state index contributed by atoms with van der Waals surface area (Å²) in [4.78, 5) is 31.4. The highest BCUT2D eigenvalue weighted by Crippen LogP contribution is 2.40. The minimum Gasteiger partial charge on any atom is -0.493 e. The van der Waals surface area contributed by atoms with Crippen LogP contribution in [0.25, 0.3) is 6.08 Å². The van der Waals surface area contributed by atoms with Crippen molar-refractivity contribution in [3.63, 3.8) is 0 Å². The monoisotopic (exact) mass is 648 g/mol. The number of carbonyl (C=O) groups excluding carboxylic acids is 2. The van der Waals surface area contributed by atoms with Gasteiger partial charge < -0.3 is 14.2 Å². The highest BCUT2D eigenvalue weighted by atomic mass is 79.9. The highest BCUT2D eigenvalue weighted by molar-refractivity contribution is 9.10. The summed E-state index contributed by atoms with van der Waals surface area (Å²) in [6.45, 7) is 2.31. The van der Waals surface area contributed by atoms with Gasteiger partial charge in [-0.25, -0.2) is 9.79 Å². The van der Waals surface area contributed by atoms with Gasteiger partial charge in [-0.3, -0.25) is 9.69 Å². The lowest BCUT2D eigenvalue weighted by molar-refractivity contribution is -0.121. The summed E-state index contributed by atoms with van der Waals surface area (Å²) in [5, 5.41) is 1.44. The lowest BCUT2D eigenvalue weighted by Crippen LogP contribution is -2.23. The standard InChI is InChI=1S/C28H23BrCl2N2O5S/c1-4-37-27(35)18-6-8-19(9-7-18)32-28-33(2)26(34)24(39-28)14-17-11-20(29)25(23(13-17)36-3)38-15-16-5-10-21(30)22(31)12-16/h5-14H,4,15H2,1-3H3/b24-14-,32-28?. The van der Waals surface area contributed by atoms with E-state index < -0.39 is 5.97 Å². The minimum atomic E-state index is -0.392. The number of esters is 1. The maximum atomic E-state index is 12.9. The fourth-order valence-corrected chi connectivity index (χ4v) is 5.43. The molecule has 3 aromatic carbocycles. The fraction of sp³-hybridized carbons (Fsp3) is 0.179. The molecule has 1 aliphatic rings. The van der Waals surface area contributed by atoms with Crippen LogP contribution in [0, 0.1) is 0 Å². The Balaban J connectivity index is 1.52. The molecule has 0 bridgehead atoms. The highest BCUT2D eigenvalue weighted by Gasteiger charge is 2.30. The predicted octanol–water partition coefficient (Wildman–Crippen LogP) is 7.75. The Kier molecular flexibility index (Phi) is 9.61. The second kappa shape index (κ2) is 12.9. The summed E-state index contributed by atoms with van der Waals surface area (Å²) in [5.41, 5.74) is 2.64. The average Bonchev–Trinajstić information content (AvgIpc) is 3.17. The molecule has 11 heteroatoms. The topological polar surface area (TPSA) is 77.4 Å². The predicted molar refractivity (Wildman–Crippen MR) is 159 cm³/mol. The van der Waals surface area contributed by atoms with Gasteiger partial charge in [0.15, 0.2) is 16.7 Å². The van der Waals surface area contributed by atoms with Gasteiger partial charge in [0, 0.05) is 7.05 Å². The molecule has 0 atom stereocenters. The number of amidine groups is 1. The summed E-state index contributed by atoms with van der Waals surface area (Å²) in [7, 11) is 3.21. The third kappa shape index (κ3) is 6.97. The fourth-order valence-electron chi connectivity index (χ4n) is 3.55. The van der Waals surface area contributed by atoms with Crippen LogP contribution >= 0.6 is 50.9 Å². The van der Waals surface area contributed by atoms with E-state index >= 15 is 0 Å². The van der Waals surface area contributed by atoms with Gasteiger partial charge in [-0.15, -0.1) is 0 Å². The van der Waals surface area contributed by atoms with E-state index in [0.29, 0.717) is 53.9 Å². The summed E-state index contributed by atoms with van der Waals surface area (Å²) in [5.74, 6) is 0.436. The second-order valence-electron chi connectivity index (χ2n) is 8.21. The number of halogens is 3. The summed E-state index contributed by atoms with van der Waals surface area (Å²) in [6, 6.07) is 15.6. The molecule has 3 aromatic rings. The molecule has 1 amide bonds. The van der Waals surface area contributed by atoms with E-state index in [4.69, 9.17) is 37.4 Å². The zero-order valence-electron chi connectivity index (χ0n) is 21.2. The maximum Gasteiger partial charge on any atom is 0.338 e. The lowest BCUT2D eigenvalue weighted by atomic mass is 10.1. The van der Waals surface area contributed by atoms with Crippen LogP contribution < -0.4 is 9.47 Å². The molecule has 0 unspecified atom stereocenters. The van der Waals surface area contributed by atoms with Crippen LogP contribution in [0.3, 0.4) is 0 Å². The van der Waals surface area contributed by atoms with Crippen LogP contribution in [0.1, 0.15) is 28.4 Å². The molecule has 1 heterocycles. The lowest BCUT2D eigenvalue weighted by Gasteiger charge is -2.14. The van der Waals surface area contributed by atoms with Crippen molar-refractivity contribution in [1.82, 2.24) is 4.90 Å². The molecule has 1 aliphatic heterocycles. The zero-order valence-corrected chi connectivity index (χ0v) is 25.1. The Bertz CT molecular complexity index is 1480. The van der Waals surface area contributed by atoms with Gasteiger partial charge >= 0.3 is 5.97 Å². The van der Waals surface area contributed by atoms with Crippen molar-refractivity contribution in [3.05, 3.63) is 90.7 Å². The molecule has 1 saturated heterocycles. The van der Waals surface area contributed by atoms with E-state index in [9.17, 15) is 9.59 Å². The molecule has 0 N–H and O–H groups in total. The van der Waals surface area contributed by atoms with Gasteiger partial charge in [0.1, 0.15) is 6.61 Å². The molecule has 4 rings (SSSR count). The molecule has 0 radical (unpaired) electrons. The normalized spacial score (nSPS) is 15.2. The molecule has 0 saturated carbocycles. The molecule has 0 spiro atoms. The van der Waals surface area contributed by atoms with Crippen molar-refractivity contribution in [2.75, 3.05) is 20.8 Å². The second-order valence-corrected chi connectivity index (χ2v) is 10.9. The molecule has 0 aliphatic carbocycles. The van der Waals surface area contributed by atoms with E-state index in [-0.39, 0.29) is 12.5 Å². The molecule has 202 valence electrons. The SMILES string of the molecule is CCOC(=O)c1ccc(N=C2S/C(=C\c3cc(Br)c(OCc4ccc(Cl)c(Cl)c4)c(OC)c3)C(=O)N2C)cc1. The summed E-state index contributed by atoms with van der Waals surface area (Å²) >= 11 is 16.9. The molecular formula is C28H23BrCl2N2O5S. The number of methoxy groups -OCH3 is 1. The Morgan fingerprint density at radius 1 is 1.10 bits per heavy atom. The van der Waals surface area contributed by atoms with Gasteiger partial charge in [-0.2, -0.15) is 0 Å². The van der Waals surface area contributed by atoms with Gasteiger partial charge in [0.05, 0.1) is 44.4 Å². The average molecular weight is 650 g/mol. The van der Waals surface area contributed by atoms with Crippen LogP contribution in [0.15, 0.2) is 69.0 Å². The number of hydrogen-bond donors (Lipinski definition) is 0. The number of thioether (sulfide) groups is 1. The van der Waals surface area contributed by atoms with Crippen molar-refractivity contribution >= 4 is 79.7 Å². The summed E-state index contributed by atoms with van der Waals surface area (Å²) < 4.78 is 17.2. The number of amides is 1. The summed E-state index contributed by atoms with van der Waals surface area (Å²) in [6.07, 6.45) is 1.77. The Morgan fingerprint density at radius 3 is 2.51 bits per heavy atom. The number of ether oxygens (including phenoxy) is 3. The molecule has 1 fully saturated rings. The zero-order chi connectivity index (χ0) is 28.1. The van der Waals surface area contributed by atoms with Crippen LogP contribution in [0.2, 0.25) is 10.0 Å². The molecule has 0 aromatic heterocycles. The molecule has 39 heavy (non-hydrogen) atoms. The van der Waals surface area contributed by atoms with E-state index in [1.165, 1.54) is 16.7 Å². The number of benzene rings is 3. The first-order chi connectivity index (χ1) is 18.7. The van der Waals surface area contributed by atoms with E-state index in [2.05, 4.69) is 20.9 Å². The largest absolute Gasteiger partial charge is 0.493 e. The first kappa shape index (κ1) is 29.0. The van der Waals surface area contributed by atoms with Gasteiger partial charge in [0.25, 0.3) is 5.91 Å². The number of aliphatic imine (C=N–C) groups is 1. The van der Waals surface area contributed by atoms with Crippen molar-refractivity contribution in [1.29, 1.82) is 0 Å². The van der Waals surface area contributed by atoms with Crippen molar-refractivity contribution in [2.45, 2.75) is 13.5 Å². The van der Waals surface area contributed by atoms with E-state index in [1.54, 1.807) is 69.6 Å². The first-order valence-electron chi connectivity index (χ1n) is 11.7. The number of hydrogen-bond acceptors (Lipinski definition) is 7. The van der Waals surface area contributed by atoms with E-state index in [1.807, 2.05) is 12.1 Å². The molecular weight excluding hydrogens is 627 g/mol. The van der Waals surface area contributed by atoms with Crippen LogP contribution in [-0.4, -0.2) is 42.7 Å². The van der Waals surface area contributed by atoms with Crippen molar-refractivity contribution < 1.29 is 23.8 Å². The Labute approximate surface area is 248 Å². The third-order valence-electron chi connectivity index (χ3n) is 5.52. The number of nitrogens with zero attached hydrogens (tertiary/aromatic N) is 2. The molecule has 7 nitrogen and oxygen atoms in total. The van der Waals surface area contributed by atoms with Gasteiger partial charge in [-0.05, 0) is 100 Å². The van der Waals surface area contributed by atoms with Gasteiger partial charge in [0.2, 0.25) is 0 Å². The van der Waals surface area contributed by atoms with E-state index in [0.717, 1.165) is 11.1 Å². The van der Waals surface area contributed by atoms with Crippen LogP contribution in [0.4, 0.5) is 5.69 Å². The number of rotatable bonds is 8. The number of carbonyl (C=O) groups is 2. The quantitative estimate of drug-likeness (QED) is 0.183. The van der Waals surface area contributed by atoms with Crippen molar-refractivity contribution in [2.24, 2.45) is 4.99 Å². The van der Waals surface area contributed by atoms with Gasteiger partial charge in [-0.1, -0.05) is 29.3 Å². The third-order valence-corrected chi connectivity index (χ3v) is 7.91. The number of likely N-dealkylation sites (N-methyl/N-ethyl adjacent to an activating group) is 1. The smallest absolute Gasteiger partial charge is 0.338 e.